The first kappa shape index (κ1) is 16.7. The molecule has 0 aliphatic carbocycles. The molecule has 4 nitrogen and oxygen atoms in total. The van der Waals surface area contributed by atoms with E-state index in [-0.39, 0.29) is 12.2 Å². The Morgan fingerprint density at radius 3 is 2.40 bits per heavy atom. The van der Waals surface area contributed by atoms with Gasteiger partial charge in [0.25, 0.3) is 0 Å². The van der Waals surface area contributed by atoms with E-state index in [1.807, 2.05) is 61.5 Å². The van der Waals surface area contributed by atoms with Crippen molar-refractivity contribution in [2.24, 2.45) is 0 Å². The van der Waals surface area contributed by atoms with Crippen LogP contribution in [0.1, 0.15) is 22.8 Å². The molecule has 0 bridgehead atoms. The summed E-state index contributed by atoms with van der Waals surface area (Å²) in [5, 5.41) is 0. The summed E-state index contributed by atoms with van der Waals surface area (Å²) >= 11 is 0. The number of aromatic amines is 1. The van der Waals surface area contributed by atoms with Crippen LogP contribution >= 0.6 is 0 Å². The predicted molar refractivity (Wildman–Crippen MR) is 98.6 cm³/mol. The highest BCUT2D eigenvalue weighted by atomic mass is 16.5. The lowest BCUT2D eigenvalue weighted by Crippen LogP contribution is -2.16. The molecule has 0 aliphatic heterocycles. The van der Waals surface area contributed by atoms with Gasteiger partial charge >= 0.3 is 5.97 Å². The third-order valence-corrected chi connectivity index (χ3v) is 3.91. The summed E-state index contributed by atoms with van der Waals surface area (Å²) in [4.78, 5) is 27.8. The highest BCUT2D eigenvalue weighted by Gasteiger charge is 2.21. The van der Waals surface area contributed by atoms with Crippen molar-refractivity contribution in [2.45, 2.75) is 13.8 Å². The summed E-state index contributed by atoms with van der Waals surface area (Å²) in [7, 11) is 0. The normalized spacial score (nSPS) is 10.5. The van der Waals surface area contributed by atoms with E-state index in [2.05, 4.69) is 4.98 Å². The fourth-order valence-corrected chi connectivity index (χ4v) is 2.84. The van der Waals surface area contributed by atoms with E-state index >= 15 is 0 Å². The summed E-state index contributed by atoms with van der Waals surface area (Å²) in [6.45, 7) is 3.99. The Morgan fingerprint density at radius 2 is 1.72 bits per heavy atom. The summed E-state index contributed by atoms with van der Waals surface area (Å²) in [6.07, 6.45) is 0. The van der Waals surface area contributed by atoms with E-state index in [1.165, 1.54) is 6.07 Å². The molecular weight excluding hydrogens is 314 g/mol. The van der Waals surface area contributed by atoms with E-state index < -0.39 is 5.97 Å². The van der Waals surface area contributed by atoms with Gasteiger partial charge in [0.15, 0.2) is 0 Å². The number of aryl methyl sites for hydroxylation is 1. The molecule has 3 aromatic rings. The first-order chi connectivity index (χ1) is 12.1. The lowest BCUT2D eigenvalue weighted by Gasteiger charge is -2.14. The van der Waals surface area contributed by atoms with Crippen molar-refractivity contribution in [3.05, 3.63) is 82.1 Å². The minimum absolute atomic E-state index is 0.261. The predicted octanol–water partition coefficient (Wildman–Crippen LogP) is 4.19. The van der Waals surface area contributed by atoms with E-state index in [9.17, 15) is 9.59 Å². The molecule has 0 unspecified atom stereocenters. The molecule has 1 aromatic heterocycles. The third-order valence-electron chi connectivity index (χ3n) is 3.91. The van der Waals surface area contributed by atoms with Gasteiger partial charge in [-0.15, -0.1) is 0 Å². The van der Waals surface area contributed by atoms with E-state index in [0.29, 0.717) is 16.8 Å². The van der Waals surface area contributed by atoms with Gasteiger partial charge in [0.05, 0.1) is 17.9 Å². The van der Waals surface area contributed by atoms with E-state index in [1.54, 1.807) is 6.92 Å². The zero-order chi connectivity index (χ0) is 17.8. The fraction of sp³-hybridized carbons (Fsp3) is 0.143. The smallest absolute Gasteiger partial charge is 0.340 e. The largest absolute Gasteiger partial charge is 0.462 e. The molecule has 25 heavy (non-hydrogen) atoms. The van der Waals surface area contributed by atoms with Crippen molar-refractivity contribution in [1.29, 1.82) is 0 Å². The van der Waals surface area contributed by atoms with Crippen LogP contribution in [0.25, 0.3) is 22.4 Å². The number of carbonyl (C=O) groups excluding carboxylic acids is 1. The van der Waals surface area contributed by atoms with Gasteiger partial charge in [-0.3, -0.25) is 4.79 Å². The van der Waals surface area contributed by atoms with Crippen molar-refractivity contribution in [2.75, 3.05) is 6.61 Å². The lowest BCUT2D eigenvalue weighted by atomic mass is 9.95. The second kappa shape index (κ2) is 7.18. The van der Waals surface area contributed by atoms with Gasteiger partial charge in [-0.25, -0.2) is 4.79 Å². The number of H-pyrrole nitrogens is 1. The van der Waals surface area contributed by atoms with Gasteiger partial charge in [-0.2, -0.15) is 0 Å². The maximum absolute atomic E-state index is 12.7. The number of carbonyl (C=O) groups is 1. The van der Waals surface area contributed by atoms with Crippen molar-refractivity contribution in [3.8, 4) is 22.4 Å². The Bertz CT molecular complexity index is 958. The van der Waals surface area contributed by atoms with Gasteiger partial charge in [0, 0.05) is 11.6 Å². The molecule has 0 spiro atoms. The highest BCUT2D eigenvalue weighted by Crippen LogP contribution is 2.30. The molecule has 2 aromatic carbocycles. The Kier molecular flexibility index (Phi) is 4.80. The van der Waals surface area contributed by atoms with Crippen LogP contribution in [0.4, 0.5) is 0 Å². The Balaban J connectivity index is 2.32. The van der Waals surface area contributed by atoms with Crippen LogP contribution in [-0.2, 0) is 4.74 Å². The number of hydrogen-bond acceptors (Lipinski definition) is 3. The SMILES string of the molecule is CCOC(=O)c1c(-c2ccccc2)cc(=O)[nH]c1-c1cccc(C)c1. The number of ether oxygens (including phenoxy) is 1. The van der Waals surface area contributed by atoms with Crippen LogP contribution in [0.2, 0.25) is 0 Å². The standard InChI is InChI=1S/C21H19NO3/c1-3-25-21(24)19-17(15-9-5-4-6-10-15)13-18(23)22-20(19)16-11-7-8-14(2)12-16/h4-13H,3H2,1-2H3,(H,22,23). The molecule has 4 heteroatoms. The summed E-state index contributed by atoms with van der Waals surface area (Å²) in [6, 6.07) is 18.5. The second-order valence-electron chi connectivity index (χ2n) is 5.75. The average Bonchev–Trinajstić information content (AvgIpc) is 2.62. The van der Waals surface area contributed by atoms with Crippen LogP contribution in [0.15, 0.2) is 65.5 Å². The number of pyridine rings is 1. The van der Waals surface area contributed by atoms with Crippen molar-refractivity contribution in [3.63, 3.8) is 0 Å². The fourth-order valence-electron chi connectivity index (χ4n) is 2.84. The molecule has 0 aliphatic rings. The molecule has 1 heterocycles. The molecule has 0 atom stereocenters. The van der Waals surface area contributed by atoms with Crippen molar-refractivity contribution in [1.82, 2.24) is 4.98 Å². The molecule has 0 saturated carbocycles. The quantitative estimate of drug-likeness (QED) is 0.728. The molecule has 0 radical (unpaired) electrons. The van der Waals surface area contributed by atoms with Crippen molar-refractivity contribution >= 4 is 5.97 Å². The first-order valence-corrected chi connectivity index (χ1v) is 8.17. The molecular formula is C21H19NO3. The molecule has 0 saturated heterocycles. The maximum atomic E-state index is 12.7. The number of nitrogens with one attached hydrogen (secondary N) is 1. The molecule has 126 valence electrons. The summed E-state index contributed by atoms with van der Waals surface area (Å²) in [5.74, 6) is -0.450. The number of rotatable bonds is 4. The van der Waals surface area contributed by atoms with Gasteiger partial charge in [-0.1, -0.05) is 54.1 Å². The third kappa shape index (κ3) is 3.53. The van der Waals surface area contributed by atoms with E-state index in [4.69, 9.17) is 4.74 Å². The van der Waals surface area contributed by atoms with Crippen LogP contribution < -0.4 is 5.56 Å². The lowest BCUT2D eigenvalue weighted by molar-refractivity contribution is 0.0528. The highest BCUT2D eigenvalue weighted by molar-refractivity contribution is 6.03. The minimum Gasteiger partial charge on any atom is -0.462 e. The van der Waals surface area contributed by atoms with Gasteiger partial charge in [0.2, 0.25) is 5.56 Å². The summed E-state index contributed by atoms with van der Waals surface area (Å²) < 4.78 is 5.26. The average molecular weight is 333 g/mol. The van der Waals surface area contributed by atoms with Crippen LogP contribution in [-0.4, -0.2) is 17.6 Å². The maximum Gasteiger partial charge on any atom is 0.340 e. The Hall–Kier alpha value is -3.14. The van der Waals surface area contributed by atoms with Gasteiger partial charge in [-0.05, 0) is 31.0 Å². The Morgan fingerprint density at radius 1 is 1.00 bits per heavy atom. The minimum atomic E-state index is -0.450. The summed E-state index contributed by atoms with van der Waals surface area (Å²) in [5.41, 5.74) is 3.77. The molecule has 0 fully saturated rings. The second-order valence-corrected chi connectivity index (χ2v) is 5.75. The number of hydrogen-bond donors (Lipinski definition) is 1. The zero-order valence-electron chi connectivity index (χ0n) is 14.2. The topological polar surface area (TPSA) is 59.2 Å². The van der Waals surface area contributed by atoms with Crippen LogP contribution in [0.5, 0.6) is 0 Å². The van der Waals surface area contributed by atoms with E-state index in [0.717, 1.165) is 16.7 Å². The zero-order valence-corrected chi connectivity index (χ0v) is 14.2. The molecule has 1 N–H and O–H groups in total. The number of esters is 1. The Labute approximate surface area is 146 Å². The number of benzene rings is 2. The van der Waals surface area contributed by atoms with Crippen molar-refractivity contribution < 1.29 is 9.53 Å². The molecule has 0 amide bonds. The van der Waals surface area contributed by atoms with Gasteiger partial charge < -0.3 is 9.72 Å². The van der Waals surface area contributed by atoms with Crippen LogP contribution in [0.3, 0.4) is 0 Å². The van der Waals surface area contributed by atoms with Crippen LogP contribution in [0, 0.1) is 6.92 Å². The first-order valence-electron chi connectivity index (χ1n) is 8.17. The monoisotopic (exact) mass is 333 g/mol. The van der Waals surface area contributed by atoms with Gasteiger partial charge in [0.1, 0.15) is 0 Å². The molecule has 3 rings (SSSR count). The number of aromatic nitrogens is 1.